The van der Waals surface area contributed by atoms with Crippen LogP contribution in [0.2, 0.25) is 0 Å². The summed E-state index contributed by atoms with van der Waals surface area (Å²) in [6, 6.07) is 12.6. The number of nitrogens with one attached hydrogen (secondary N) is 11. The van der Waals surface area contributed by atoms with Crippen molar-refractivity contribution < 1.29 is 67.3 Å². The molecule has 0 radical (unpaired) electrons. The summed E-state index contributed by atoms with van der Waals surface area (Å²) >= 11 is 2.82. The number of carboxylic acids is 1. The Labute approximate surface area is 576 Å². The van der Waals surface area contributed by atoms with E-state index in [1.54, 1.807) is 30.5 Å². The first kappa shape index (κ1) is 73.0. The van der Waals surface area contributed by atoms with E-state index in [0.29, 0.717) is 76.0 Å². The molecule has 2 aliphatic heterocycles. The van der Waals surface area contributed by atoms with Gasteiger partial charge in [-0.15, -0.1) is 0 Å². The Morgan fingerprint density at radius 2 is 1.26 bits per heavy atom. The zero-order chi connectivity index (χ0) is 70.5. The molecule has 1 fully saturated rings. The maximum atomic E-state index is 15.0. The quantitative estimate of drug-likeness (QED) is 0.0649. The number of amides is 10. The van der Waals surface area contributed by atoms with Crippen LogP contribution in [0.5, 0.6) is 5.75 Å². The number of rotatable bonds is 15. The summed E-state index contributed by atoms with van der Waals surface area (Å²) in [6.45, 7) is -0.315. The van der Waals surface area contributed by atoms with E-state index in [2.05, 4.69) is 62.5 Å². The van der Waals surface area contributed by atoms with Gasteiger partial charge in [0, 0.05) is 102 Å². The molecule has 9 rings (SSSR count). The molecule has 31 heteroatoms. The maximum Gasteiger partial charge on any atom is 0.305 e. The van der Waals surface area contributed by atoms with Gasteiger partial charge in [0.1, 0.15) is 59.9 Å². The Bertz CT molecular complexity index is 4040. The molecular formula is C68H80FN15O13S2. The smallest absolute Gasteiger partial charge is 0.305 e. The molecule has 5 heterocycles. The summed E-state index contributed by atoms with van der Waals surface area (Å²) < 4.78 is 14.9. The van der Waals surface area contributed by atoms with Crippen molar-refractivity contribution in [2.45, 2.75) is 130 Å². The fourth-order valence-corrected chi connectivity index (χ4v) is 13.7. The maximum absolute atomic E-state index is 15.0. The van der Waals surface area contributed by atoms with Gasteiger partial charge in [0.15, 0.2) is 0 Å². The summed E-state index contributed by atoms with van der Waals surface area (Å²) in [7, 11) is 0. The van der Waals surface area contributed by atoms with Gasteiger partial charge in [0.05, 0.1) is 25.0 Å². The number of primary amides is 1. The predicted molar refractivity (Wildman–Crippen MR) is 367 cm³/mol. The SMILES string of the molecule is NCCCC[C@@H]1NC(=O)CCSCc2cccc(c2)CSC[C@@H](C(N)=O)NC(=O)[C@@H]2CCCN2C(=O)[C@H](Cc2ccc(O)cc2)NC(=O)[C@H](Cc2c[nH]cn2)NC(=O)[C@H](CC(=O)O)NC(=O)[C@H](Cc2c[nH]c3ccc(F)cc23)NC(=O)[C@@H](Cc2c[nH]c3ccccc23)NC(=O)CNC1=O. The number of aromatic nitrogens is 4. The highest BCUT2D eigenvalue weighted by Crippen LogP contribution is 2.26. The standard InChI is InChI=1S/C68H80FN15O13S2/c69-43-15-18-49-47(27-43)42(31-74-49)26-52-64(93)81-54(29-60(88)89)66(95)80-53(28-44-32-72-37-76-44)65(94)82-55(24-38-13-16-45(85)17-14-38)68(97)84-21-6-12-57(84)67(96)83-56(61(71)90)36-99-35-40-8-5-7-39(23-40)34-98-22-19-58(86)77-50(11-3-4-20-70)62(91)75-33-59(87)78-51(63(92)79-52)25-41-30-73-48-10-2-1-9-46(41)48/h1-2,5,7-10,13-18,23,27,30-32,37,50-57,73-74,85H,3-4,6,11-12,19-22,24-26,28-29,33-36,70H2,(H2,71,90)(H,72,76)(H,75,91)(H,77,86)(H,78,87)(H,79,92)(H,80,95)(H,81,93)(H,82,94)(H,83,96)(H,88,89)/t50-,51+,52-,53-,54-,55-,56-,57-/m0/s1. The van der Waals surface area contributed by atoms with Gasteiger partial charge in [-0.2, -0.15) is 23.5 Å². The largest absolute Gasteiger partial charge is 0.508 e. The Hall–Kier alpha value is -10.3. The van der Waals surface area contributed by atoms with E-state index in [0.717, 1.165) is 11.1 Å². The highest BCUT2D eigenvalue weighted by molar-refractivity contribution is 7.98. The fourth-order valence-electron chi connectivity index (χ4n) is 11.8. The van der Waals surface area contributed by atoms with Gasteiger partial charge >= 0.3 is 5.97 Å². The van der Waals surface area contributed by atoms with E-state index in [-0.39, 0.29) is 67.8 Å². The molecule has 3 aromatic heterocycles. The van der Waals surface area contributed by atoms with Crippen LogP contribution in [0.15, 0.2) is 116 Å². The number of hydrogen-bond donors (Lipinski definition) is 15. The van der Waals surface area contributed by atoms with Gasteiger partial charge in [-0.1, -0.05) is 54.6 Å². The number of para-hydroxylation sites is 1. The Balaban J connectivity index is 1.04. The third-order valence-corrected chi connectivity index (χ3v) is 19.1. The van der Waals surface area contributed by atoms with Crippen LogP contribution in [0.25, 0.3) is 21.8 Å². The number of benzene rings is 4. The van der Waals surface area contributed by atoms with Crippen LogP contribution in [-0.4, -0.2) is 180 Å². The number of phenols is 1. The molecule has 7 aromatic rings. The predicted octanol–water partition coefficient (Wildman–Crippen LogP) is 1.65. The van der Waals surface area contributed by atoms with E-state index < -0.39 is 139 Å². The molecule has 4 aromatic carbocycles. The fraction of sp³-hybridized carbons (Fsp3) is 0.382. The summed E-state index contributed by atoms with van der Waals surface area (Å²) in [5.74, 6) is -9.51. The Morgan fingerprint density at radius 3 is 1.95 bits per heavy atom. The lowest BCUT2D eigenvalue weighted by Crippen LogP contribution is -2.61. The van der Waals surface area contributed by atoms with Crippen molar-refractivity contribution in [2.24, 2.45) is 11.5 Å². The van der Waals surface area contributed by atoms with E-state index in [4.69, 9.17) is 11.5 Å². The number of carboxylic acid groups (broad SMARTS) is 1. The van der Waals surface area contributed by atoms with E-state index in [1.807, 2.05) is 24.3 Å². The molecule has 2 aliphatic rings. The summed E-state index contributed by atoms with van der Waals surface area (Å²) in [5.41, 5.74) is 16.1. The molecule has 28 nitrogen and oxygen atoms in total. The lowest BCUT2D eigenvalue weighted by Gasteiger charge is -2.31. The van der Waals surface area contributed by atoms with Crippen LogP contribution in [0.3, 0.4) is 0 Å². The van der Waals surface area contributed by atoms with Crippen molar-refractivity contribution in [3.8, 4) is 5.75 Å². The molecule has 2 bridgehead atoms. The number of halogens is 1. The number of nitrogens with two attached hydrogens (primary N) is 2. The number of phenolic OH excluding ortho intramolecular Hbond substituents is 1. The number of unbranched alkanes of at least 4 members (excludes halogenated alkanes) is 1. The van der Waals surface area contributed by atoms with Crippen molar-refractivity contribution in [1.29, 1.82) is 0 Å². The van der Waals surface area contributed by atoms with Gasteiger partial charge in [-0.25, -0.2) is 9.37 Å². The highest BCUT2D eigenvalue weighted by Gasteiger charge is 2.41. The van der Waals surface area contributed by atoms with E-state index in [9.17, 15) is 53.0 Å². The van der Waals surface area contributed by atoms with Crippen LogP contribution in [0.1, 0.15) is 78.5 Å². The lowest BCUT2D eigenvalue weighted by molar-refractivity contribution is -0.143. The second kappa shape index (κ2) is 35.3. The minimum absolute atomic E-state index is 0.0344. The number of aliphatic carboxylic acids is 1. The molecule has 0 saturated carbocycles. The van der Waals surface area contributed by atoms with E-state index in [1.165, 1.54) is 89.6 Å². The number of thioether (sulfide) groups is 2. The van der Waals surface area contributed by atoms with Gasteiger partial charge in [0.2, 0.25) is 59.1 Å². The molecule has 0 unspecified atom stereocenters. The zero-order valence-electron chi connectivity index (χ0n) is 53.9. The number of carbonyl (C=O) groups excluding carboxylic acids is 10. The van der Waals surface area contributed by atoms with Crippen LogP contribution in [0.4, 0.5) is 4.39 Å². The second-order valence-electron chi connectivity index (χ2n) is 24.3. The van der Waals surface area contributed by atoms with Gasteiger partial charge in [0.25, 0.3) is 0 Å². The molecule has 17 N–H and O–H groups in total. The first-order valence-electron chi connectivity index (χ1n) is 32.4. The minimum atomic E-state index is -2.01. The molecule has 99 heavy (non-hydrogen) atoms. The number of H-pyrrole nitrogens is 3. The highest BCUT2D eigenvalue weighted by atomic mass is 32.2. The topological polar surface area (TPSA) is 440 Å². The summed E-state index contributed by atoms with van der Waals surface area (Å²) in [4.78, 5) is 171. The van der Waals surface area contributed by atoms with Gasteiger partial charge < -0.3 is 84.1 Å². The number of aromatic hydroxyl groups is 1. The first-order valence-corrected chi connectivity index (χ1v) is 34.7. The average molecular weight is 1400 g/mol. The van der Waals surface area contributed by atoms with Crippen LogP contribution >= 0.6 is 23.5 Å². The van der Waals surface area contributed by atoms with Gasteiger partial charge in [-0.05, 0) is 103 Å². The van der Waals surface area contributed by atoms with Crippen molar-refractivity contribution in [2.75, 3.05) is 31.1 Å². The molecule has 1 saturated heterocycles. The Morgan fingerprint density at radius 1 is 0.626 bits per heavy atom. The van der Waals surface area contributed by atoms with Crippen molar-refractivity contribution >= 4 is 110 Å². The third kappa shape index (κ3) is 20.9. The molecule has 10 amide bonds. The number of fused-ring (bicyclic) bond motifs is 5. The summed E-state index contributed by atoms with van der Waals surface area (Å²) in [6.07, 6.45) is 5.19. The van der Waals surface area contributed by atoms with Gasteiger partial charge in [-0.3, -0.25) is 52.7 Å². The first-order chi connectivity index (χ1) is 47.7. The number of imidazole rings is 1. The number of carbonyl (C=O) groups is 11. The van der Waals surface area contributed by atoms with Crippen molar-refractivity contribution in [3.63, 3.8) is 0 Å². The minimum Gasteiger partial charge on any atom is -0.508 e. The second-order valence-corrected chi connectivity index (χ2v) is 26.4. The number of aromatic amines is 3. The molecule has 0 spiro atoms. The Kier molecular flexibility index (Phi) is 26.0. The zero-order valence-corrected chi connectivity index (χ0v) is 55.6. The molecule has 0 aliphatic carbocycles. The normalized spacial score (nSPS) is 22.2. The van der Waals surface area contributed by atoms with Crippen LogP contribution in [0, 0.1) is 5.82 Å². The molecule has 8 atom stereocenters. The van der Waals surface area contributed by atoms with Crippen molar-refractivity contribution in [3.05, 3.63) is 155 Å². The summed E-state index contributed by atoms with van der Waals surface area (Å²) in [5, 5.41) is 42.7. The molecular weight excluding hydrogens is 1320 g/mol. The van der Waals surface area contributed by atoms with Crippen LogP contribution in [-0.2, 0) is 89.9 Å². The number of nitrogens with zero attached hydrogens (tertiary/aromatic N) is 2. The van der Waals surface area contributed by atoms with Crippen molar-refractivity contribution in [1.82, 2.24) is 67.4 Å². The average Bonchev–Trinajstić information content (AvgIpc) is 1.78. The lowest BCUT2D eigenvalue weighted by atomic mass is 10.0. The van der Waals surface area contributed by atoms with Crippen LogP contribution < -0.4 is 54.0 Å². The number of hydrogen-bond acceptors (Lipinski definition) is 16. The van der Waals surface area contributed by atoms with E-state index >= 15 is 14.4 Å². The monoisotopic (exact) mass is 1400 g/mol. The molecule has 524 valence electrons. The third-order valence-electron chi connectivity index (χ3n) is 16.9.